The van der Waals surface area contributed by atoms with Gasteiger partial charge < -0.3 is 33.8 Å². The van der Waals surface area contributed by atoms with Crippen molar-refractivity contribution in [2.24, 2.45) is 11.8 Å². The minimum Gasteiger partial charge on any atom is -0.462 e. The minimum absolute atomic E-state index is 0.105. The lowest BCUT2D eigenvalue weighted by Crippen LogP contribution is -2.30. The van der Waals surface area contributed by atoms with Gasteiger partial charge in [0, 0.05) is 25.7 Å². The molecule has 7 atom stereocenters. The van der Waals surface area contributed by atoms with Gasteiger partial charge in [0.1, 0.15) is 19.3 Å². The average molecular weight is 1340 g/mol. The predicted octanol–water partition coefficient (Wildman–Crippen LogP) is 20.8. The molecule has 0 aliphatic heterocycles. The molecule has 91 heavy (non-hydrogen) atoms. The largest absolute Gasteiger partial charge is 0.472 e. The quantitative estimate of drug-likeness (QED) is 0.0222. The molecule has 0 rings (SSSR count). The zero-order valence-corrected chi connectivity index (χ0v) is 60.9. The highest BCUT2D eigenvalue weighted by Gasteiger charge is 2.30. The normalized spacial score (nSPS) is 14.7. The molecular formula is C72H140O17P2. The topological polar surface area (TPSA) is 237 Å². The first-order valence-electron chi connectivity index (χ1n) is 37.6. The van der Waals surface area contributed by atoms with Gasteiger partial charge in [0.2, 0.25) is 0 Å². The van der Waals surface area contributed by atoms with E-state index in [2.05, 4.69) is 41.5 Å². The molecule has 17 nitrogen and oxygen atoms in total. The van der Waals surface area contributed by atoms with Gasteiger partial charge in [0.05, 0.1) is 26.4 Å². The molecule has 0 aliphatic carbocycles. The molecule has 19 heteroatoms. The van der Waals surface area contributed by atoms with Crippen LogP contribution in [0, 0.1) is 11.8 Å². The first-order chi connectivity index (χ1) is 43.9. The van der Waals surface area contributed by atoms with Crippen LogP contribution < -0.4 is 0 Å². The number of esters is 4. The van der Waals surface area contributed by atoms with Crippen molar-refractivity contribution >= 4 is 39.5 Å². The zero-order valence-electron chi connectivity index (χ0n) is 59.1. The number of ether oxygens (including phenoxy) is 4. The van der Waals surface area contributed by atoms with Crippen molar-refractivity contribution in [3.63, 3.8) is 0 Å². The van der Waals surface area contributed by atoms with Crippen LogP contribution >= 0.6 is 15.6 Å². The van der Waals surface area contributed by atoms with Crippen LogP contribution in [0.15, 0.2) is 0 Å². The van der Waals surface area contributed by atoms with E-state index >= 15 is 0 Å². The number of phosphoric acid groups is 2. The molecule has 0 aromatic rings. The summed E-state index contributed by atoms with van der Waals surface area (Å²) in [5.74, 6) is -0.575. The first kappa shape index (κ1) is 89.1. The van der Waals surface area contributed by atoms with Crippen molar-refractivity contribution in [3.05, 3.63) is 0 Å². The van der Waals surface area contributed by atoms with E-state index in [9.17, 15) is 43.2 Å². The Morgan fingerprint density at radius 3 is 0.780 bits per heavy atom. The highest BCUT2D eigenvalue weighted by Crippen LogP contribution is 2.45. The molecule has 540 valence electrons. The van der Waals surface area contributed by atoms with Crippen LogP contribution in [0.3, 0.4) is 0 Å². The molecule has 0 aliphatic rings. The second-order valence-electron chi connectivity index (χ2n) is 26.5. The van der Waals surface area contributed by atoms with E-state index in [-0.39, 0.29) is 25.7 Å². The van der Waals surface area contributed by atoms with Gasteiger partial charge in [-0.05, 0) is 37.5 Å². The van der Waals surface area contributed by atoms with Crippen LogP contribution in [0.25, 0.3) is 0 Å². The lowest BCUT2D eigenvalue weighted by Gasteiger charge is -2.21. The maximum absolute atomic E-state index is 13.0. The summed E-state index contributed by atoms with van der Waals surface area (Å²) < 4.78 is 68.4. The monoisotopic (exact) mass is 1340 g/mol. The molecule has 0 radical (unpaired) electrons. The summed E-state index contributed by atoms with van der Waals surface area (Å²) in [4.78, 5) is 72.6. The number of unbranched alkanes of at least 4 members (excludes halogenated alkanes) is 39. The summed E-state index contributed by atoms with van der Waals surface area (Å²) in [6, 6.07) is 0. The highest BCUT2D eigenvalue weighted by atomic mass is 31.2. The Bertz CT molecular complexity index is 1770. The number of phosphoric ester groups is 2. The lowest BCUT2D eigenvalue weighted by atomic mass is 9.99. The Hall–Kier alpha value is -1.94. The summed E-state index contributed by atoms with van der Waals surface area (Å²) in [5, 5.41) is 10.6. The van der Waals surface area contributed by atoms with E-state index in [0.29, 0.717) is 25.7 Å². The van der Waals surface area contributed by atoms with E-state index in [1.807, 2.05) is 0 Å². The summed E-state index contributed by atoms with van der Waals surface area (Å²) in [6.45, 7) is 9.56. The molecule has 0 aromatic carbocycles. The zero-order chi connectivity index (χ0) is 67.2. The second-order valence-corrected chi connectivity index (χ2v) is 29.4. The van der Waals surface area contributed by atoms with Crippen LogP contribution in [0.1, 0.15) is 369 Å². The Kier molecular flexibility index (Phi) is 62.7. The van der Waals surface area contributed by atoms with Crippen molar-refractivity contribution in [3.8, 4) is 0 Å². The van der Waals surface area contributed by atoms with Crippen LogP contribution in [-0.2, 0) is 65.4 Å². The molecule has 0 saturated carbocycles. The third-order valence-corrected chi connectivity index (χ3v) is 19.3. The lowest BCUT2D eigenvalue weighted by molar-refractivity contribution is -0.161. The molecule has 0 saturated heterocycles. The molecule has 4 unspecified atom stereocenters. The van der Waals surface area contributed by atoms with E-state index in [1.165, 1.54) is 186 Å². The molecule has 0 bridgehead atoms. The van der Waals surface area contributed by atoms with Crippen molar-refractivity contribution in [1.82, 2.24) is 0 Å². The Balaban J connectivity index is 5.25. The van der Waals surface area contributed by atoms with E-state index < -0.39 is 97.5 Å². The number of hydrogen-bond acceptors (Lipinski definition) is 15. The van der Waals surface area contributed by atoms with Crippen molar-refractivity contribution in [2.75, 3.05) is 39.6 Å². The summed E-state index contributed by atoms with van der Waals surface area (Å²) >= 11 is 0. The molecule has 0 fully saturated rings. The van der Waals surface area contributed by atoms with Gasteiger partial charge in [-0.1, -0.05) is 318 Å². The van der Waals surface area contributed by atoms with Crippen molar-refractivity contribution in [1.29, 1.82) is 0 Å². The van der Waals surface area contributed by atoms with Crippen LogP contribution in [0.4, 0.5) is 0 Å². The average Bonchev–Trinajstić information content (AvgIpc) is 3.74. The fourth-order valence-electron chi connectivity index (χ4n) is 10.9. The summed E-state index contributed by atoms with van der Waals surface area (Å²) in [6.07, 6.45) is 49.8. The second kappa shape index (κ2) is 64.1. The van der Waals surface area contributed by atoms with Gasteiger partial charge in [0.15, 0.2) is 12.2 Å². The van der Waals surface area contributed by atoms with Crippen molar-refractivity contribution < 1.29 is 80.2 Å². The third kappa shape index (κ3) is 63.9. The Morgan fingerprint density at radius 1 is 0.308 bits per heavy atom. The number of hydrogen-bond donors (Lipinski definition) is 3. The molecule has 3 N–H and O–H groups in total. The van der Waals surface area contributed by atoms with Gasteiger partial charge in [-0.25, -0.2) is 9.13 Å². The molecule has 0 spiro atoms. The Labute approximate surface area is 556 Å². The van der Waals surface area contributed by atoms with Crippen molar-refractivity contribution in [2.45, 2.75) is 387 Å². The number of aliphatic hydroxyl groups excluding tert-OH is 1. The third-order valence-electron chi connectivity index (χ3n) is 17.4. The van der Waals surface area contributed by atoms with E-state index in [4.69, 9.17) is 37.0 Å². The summed E-state index contributed by atoms with van der Waals surface area (Å²) in [5.41, 5.74) is 0. The molecular weight excluding hydrogens is 1200 g/mol. The van der Waals surface area contributed by atoms with Gasteiger partial charge in [-0.2, -0.15) is 0 Å². The number of carbonyl (C=O) groups excluding carboxylic acids is 4. The van der Waals surface area contributed by atoms with Gasteiger partial charge in [0.25, 0.3) is 0 Å². The van der Waals surface area contributed by atoms with E-state index in [0.717, 1.165) is 102 Å². The number of aliphatic hydroxyl groups is 1. The number of carbonyl (C=O) groups is 4. The van der Waals surface area contributed by atoms with Crippen LogP contribution in [0.2, 0.25) is 0 Å². The van der Waals surface area contributed by atoms with Gasteiger partial charge in [-0.3, -0.25) is 37.3 Å². The van der Waals surface area contributed by atoms with Crippen LogP contribution in [-0.4, -0.2) is 96.7 Å². The fraction of sp³-hybridized carbons (Fsp3) is 0.944. The smallest absolute Gasteiger partial charge is 0.462 e. The van der Waals surface area contributed by atoms with Gasteiger partial charge in [-0.15, -0.1) is 0 Å². The molecule has 0 heterocycles. The molecule has 0 aromatic heterocycles. The maximum atomic E-state index is 13.0. The minimum atomic E-state index is -4.95. The molecule has 0 amide bonds. The predicted molar refractivity (Wildman–Crippen MR) is 368 cm³/mol. The fourth-order valence-corrected chi connectivity index (χ4v) is 12.5. The SMILES string of the molecule is CCCCCCCCCCCCCCCCCCCC(=O)O[C@H](COC(=O)CCCCCCCCCCC(C)CC)COP(=O)(O)OC[C@@H](O)COP(=O)(O)OC[C@@H](COC(=O)CCCCCCCCCCCC)OC(=O)CCCCCCCCCCC(C)CC. The number of rotatable bonds is 71. The summed E-state index contributed by atoms with van der Waals surface area (Å²) in [7, 11) is -9.90. The van der Waals surface area contributed by atoms with Gasteiger partial charge >= 0.3 is 39.5 Å². The Morgan fingerprint density at radius 2 is 0.527 bits per heavy atom. The highest BCUT2D eigenvalue weighted by molar-refractivity contribution is 7.47. The standard InChI is InChI=1S/C72H140O17P2/c1-7-11-13-15-17-19-21-22-23-24-25-26-27-29-38-44-50-56-71(76)88-67(61-83-70(75)55-49-43-37-32-30-34-40-46-52-64(5)9-3)62-86-90(78,79)84-58-66(73)59-85-91(80,81)87-63-68(60-82-69(74)54-48-42-36-28-20-18-16-14-12-8-2)89-72(77)57-51-45-39-33-31-35-41-47-53-65(6)10-4/h64-68,73H,7-63H2,1-6H3,(H,78,79)(H,80,81)/t64?,65?,66-,67-,68-/m1/s1. The maximum Gasteiger partial charge on any atom is 0.472 e. The van der Waals surface area contributed by atoms with Crippen LogP contribution in [0.5, 0.6) is 0 Å². The first-order valence-corrected chi connectivity index (χ1v) is 40.6. The van der Waals surface area contributed by atoms with E-state index in [1.54, 1.807) is 0 Å².